The Kier molecular flexibility index (Phi) is 5.97. The summed E-state index contributed by atoms with van der Waals surface area (Å²) in [6.45, 7) is 8.41. The molecule has 0 spiro atoms. The molecular formula is C21H30N4O2. The van der Waals surface area contributed by atoms with E-state index in [0.717, 1.165) is 36.5 Å². The fourth-order valence-corrected chi connectivity index (χ4v) is 3.89. The van der Waals surface area contributed by atoms with Crippen molar-refractivity contribution in [1.29, 1.82) is 0 Å². The van der Waals surface area contributed by atoms with Gasteiger partial charge in [0.15, 0.2) is 0 Å². The molecule has 0 aliphatic carbocycles. The van der Waals surface area contributed by atoms with E-state index >= 15 is 0 Å². The average Bonchev–Trinajstić information content (AvgIpc) is 2.92. The number of hydrogen-bond donors (Lipinski definition) is 1. The van der Waals surface area contributed by atoms with Crippen molar-refractivity contribution in [3.05, 3.63) is 52.3 Å². The summed E-state index contributed by atoms with van der Waals surface area (Å²) in [5.41, 5.74) is 5.74. The number of aliphatic hydroxyl groups is 1. The molecule has 1 aliphatic heterocycles. The number of amides is 1. The van der Waals surface area contributed by atoms with Crippen LogP contribution in [0.5, 0.6) is 0 Å². The van der Waals surface area contributed by atoms with Crippen LogP contribution >= 0.6 is 0 Å². The van der Waals surface area contributed by atoms with E-state index in [-0.39, 0.29) is 18.6 Å². The average molecular weight is 370 g/mol. The van der Waals surface area contributed by atoms with Gasteiger partial charge in [0.05, 0.1) is 18.3 Å². The first-order valence-electron chi connectivity index (χ1n) is 9.62. The number of aliphatic hydroxyl groups excluding tert-OH is 1. The Labute approximate surface area is 161 Å². The number of nitrogens with zero attached hydrogens (tertiary/aromatic N) is 4. The molecule has 0 unspecified atom stereocenters. The highest BCUT2D eigenvalue weighted by Gasteiger charge is 2.29. The third-order valence-corrected chi connectivity index (χ3v) is 5.75. The van der Waals surface area contributed by atoms with E-state index in [1.807, 2.05) is 32.5 Å². The molecular weight excluding hydrogens is 340 g/mol. The maximum absolute atomic E-state index is 13.2. The minimum Gasteiger partial charge on any atom is -0.395 e. The standard InChI is InChI=1S/C21H30N4O2/c1-15-20(16(2)23(4)22-15)14-25(11-12-26)21(27)17(3)24-10-9-18-7-5-6-8-19(18)13-24/h5-8,17,26H,9-14H2,1-4H3/t17-/m1/s1. The molecule has 6 heteroatoms. The lowest BCUT2D eigenvalue weighted by Gasteiger charge is -2.35. The van der Waals surface area contributed by atoms with Gasteiger partial charge in [-0.05, 0) is 38.3 Å². The van der Waals surface area contributed by atoms with Crippen LogP contribution < -0.4 is 0 Å². The van der Waals surface area contributed by atoms with Gasteiger partial charge in [0.25, 0.3) is 0 Å². The van der Waals surface area contributed by atoms with Crippen molar-refractivity contribution in [2.75, 3.05) is 19.7 Å². The van der Waals surface area contributed by atoms with Crippen LogP contribution in [0.25, 0.3) is 0 Å². The Morgan fingerprint density at radius 1 is 1.30 bits per heavy atom. The van der Waals surface area contributed by atoms with Crippen molar-refractivity contribution in [2.24, 2.45) is 7.05 Å². The van der Waals surface area contributed by atoms with Gasteiger partial charge in [0, 0.05) is 44.5 Å². The molecule has 1 atom stereocenters. The Morgan fingerprint density at radius 3 is 2.63 bits per heavy atom. The fraction of sp³-hybridized carbons (Fsp3) is 0.524. The van der Waals surface area contributed by atoms with Crippen LogP contribution in [0.2, 0.25) is 0 Å². The Bertz CT molecular complexity index is 815. The van der Waals surface area contributed by atoms with Crippen LogP contribution in [0.1, 0.15) is 35.0 Å². The van der Waals surface area contributed by atoms with Crippen LogP contribution in [0.4, 0.5) is 0 Å². The number of hydrogen-bond acceptors (Lipinski definition) is 4. The van der Waals surface area contributed by atoms with Gasteiger partial charge in [-0.15, -0.1) is 0 Å². The highest BCUT2D eigenvalue weighted by atomic mass is 16.3. The van der Waals surface area contributed by atoms with Gasteiger partial charge in [-0.2, -0.15) is 5.10 Å². The van der Waals surface area contributed by atoms with Gasteiger partial charge < -0.3 is 10.0 Å². The summed E-state index contributed by atoms with van der Waals surface area (Å²) < 4.78 is 1.84. The minimum atomic E-state index is -0.220. The zero-order valence-corrected chi connectivity index (χ0v) is 16.8. The third kappa shape index (κ3) is 4.06. The first kappa shape index (κ1) is 19.6. The molecule has 2 heterocycles. The topological polar surface area (TPSA) is 61.6 Å². The second kappa shape index (κ2) is 8.23. The molecule has 0 bridgehead atoms. The molecule has 146 valence electrons. The molecule has 1 aromatic heterocycles. The van der Waals surface area contributed by atoms with Crippen molar-refractivity contribution in [3.63, 3.8) is 0 Å². The monoisotopic (exact) mass is 370 g/mol. The van der Waals surface area contributed by atoms with Crippen LogP contribution in [-0.2, 0) is 31.4 Å². The summed E-state index contributed by atoms with van der Waals surface area (Å²) in [5.74, 6) is 0.0612. The van der Waals surface area contributed by atoms with Gasteiger partial charge in [0.1, 0.15) is 0 Å². The molecule has 1 aromatic carbocycles. The SMILES string of the molecule is Cc1nn(C)c(C)c1CN(CCO)C(=O)[C@@H](C)N1CCc2ccccc2C1. The Morgan fingerprint density at radius 2 is 2.00 bits per heavy atom. The fourth-order valence-electron chi connectivity index (χ4n) is 3.89. The van der Waals surface area contributed by atoms with E-state index in [0.29, 0.717) is 13.1 Å². The maximum atomic E-state index is 13.2. The number of benzene rings is 1. The first-order valence-corrected chi connectivity index (χ1v) is 9.62. The number of aryl methyl sites for hydroxylation is 2. The molecule has 27 heavy (non-hydrogen) atoms. The Hall–Kier alpha value is -2.18. The molecule has 6 nitrogen and oxygen atoms in total. The quantitative estimate of drug-likeness (QED) is 0.842. The second-order valence-corrected chi connectivity index (χ2v) is 7.42. The molecule has 0 saturated heterocycles. The molecule has 3 rings (SSSR count). The molecule has 0 saturated carbocycles. The van der Waals surface area contributed by atoms with E-state index in [9.17, 15) is 9.90 Å². The number of fused-ring (bicyclic) bond motifs is 1. The summed E-state index contributed by atoms with van der Waals surface area (Å²) in [7, 11) is 1.91. The Balaban J connectivity index is 1.74. The van der Waals surface area contributed by atoms with Crippen molar-refractivity contribution < 1.29 is 9.90 Å². The minimum absolute atomic E-state index is 0.0420. The number of aromatic nitrogens is 2. The van der Waals surface area contributed by atoms with Crippen molar-refractivity contribution in [1.82, 2.24) is 19.6 Å². The van der Waals surface area contributed by atoms with Crippen LogP contribution in [0.3, 0.4) is 0 Å². The summed E-state index contributed by atoms with van der Waals surface area (Å²) in [6, 6.07) is 8.23. The second-order valence-electron chi connectivity index (χ2n) is 7.42. The number of carbonyl (C=O) groups excluding carboxylic acids is 1. The van der Waals surface area contributed by atoms with Crippen molar-refractivity contribution >= 4 is 5.91 Å². The normalized spacial score (nSPS) is 15.4. The van der Waals surface area contributed by atoms with E-state index in [4.69, 9.17) is 0 Å². The maximum Gasteiger partial charge on any atom is 0.240 e. The molecule has 1 amide bonds. The van der Waals surface area contributed by atoms with E-state index in [1.54, 1.807) is 4.90 Å². The van der Waals surface area contributed by atoms with Gasteiger partial charge in [-0.1, -0.05) is 24.3 Å². The van der Waals surface area contributed by atoms with E-state index in [2.05, 4.69) is 34.3 Å². The predicted molar refractivity (Wildman–Crippen MR) is 105 cm³/mol. The first-order chi connectivity index (χ1) is 12.9. The summed E-state index contributed by atoms with van der Waals surface area (Å²) in [6.07, 6.45) is 0.967. The van der Waals surface area contributed by atoms with Gasteiger partial charge in [-0.25, -0.2) is 0 Å². The van der Waals surface area contributed by atoms with Gasteiger partial charge in [-0.3, -0.25) is 14.4 Å². The molecule has 0 radical (unpaired) electrons. The van der Waals surface area contributed by atoms with Gasteiger partial charge in [0.2, 0.25) is 5.91 Å². The molecule has 0 fully saturated rings. The van der Waals surface area contributed by atoms with Crippen LogP contribution in [-0.4, -0.2) is 56.3 Å². The number of rotatable bonds is 6. The van der Waals surface area contributed by atoms with E-state index < -0.39 is 0 Å². The van der Waals surface area contributed by atoms with Gasteiger partial charge >= 0.3 is 0 Å². The van der Waals surface area contributed by atoms with Crippen LogP contribution in [0.15, 0.2) is 24.3 Å². The smallest absolute Gasteiger partial charge is 0.240 e. The molecule has 2 aromatic rings. The largest absolute Gasteiger partial charge is 0.395 e. The number of carbonyl (C=O) groups is 1. The highest BCUT2D eigenvalue weighted by Crippen LogP contribution is 2.22. The lowest BCUT2D eigenvalue weighted by atomic mass is 9.98. The summed E-state index contributed by atoms with van der Waals surface area (Å²) in [5, 5.41) is 13.9. The van der Waals surface area contributed by atoms with Crippen molar-refractivity contribution in [2.45, 2.75) is 46.3 Å². The van der Waals surface area contributed by atoms with Crippen molar-refractivity contribution in [3.8, 4) is 0 Å². The lowest BCUT2D eigenvalue weighted by Crippen LogP contribution is -2.49. The zero-order valence-electron chi connectivity index (χ0n) is 16.8. The third-order valence-electron chi connectivity index (χ3n) is 5.75. The van der Waals surface area contributed by atoms with E-state index in [1.165, 1.54) is 11.1 Å². The predicted octanol–water partition coefficient (Wildman–Crippen LogP) is 1.80. The highest BCUT2D eigenvalue weighted by molar-refractivity contribution is 5.81. The summed E-state index contributed by atoms with van der Waals surface area (Å²) >= 11 is 0. The molecule has 1 N–H and O–H groups in total. The summed E-state index contributed by atoms with van der Waals surface area (Å²) in [4.78, 5) is 17.2. The molecule has 1 aliphatic rings. The van der Waals surface area contributed by atoms with Crippen LogP contribution in [0, 0.1) is 13.8 Å². The lowest BCUT2D eigenvalue weighted by molar-refractivity contribution is -0.138. The zero-order chi connectivity index (χ0) is 19.6.